The minimum atomic E-state index is 0. The molecule has 7 nitrogen and oxygen atoms in total. The van der Waals surface area contributed by atoms with Gasteiger partial charge in [-0.1, -0.05) is 6.07 Å². The molecule has 3 heterocycles. The van der Waals surface area contributed by atoms with Crippen LogP contribution in [0.3, 0.4) is 0 Å². The summed E-state index contributed by atoms with van der Waals surface area (Å²) in [6, 6.07) is 4.57. The van der Waals surface area contributed by atoms with Crippen LogP contribution in [0.5, 0.6) is 0 Å². The zero-order chi connectivity index (χ0) is 18.4. The maximum absolute atomic E-state index is 4.37. The minimum absolute atomic E-state index is 0. The highest BCUT2D eigenvalue weighted by atomic mass is 127. The second kappa shape index (κ2) is 10.5. The fourth-order valence-electron chi connectivity index (χ4n) is 3.26. The van der Waals surface area contributed by atoms with E-state index in [1.807, 2.05) is 38.1 Å². The SMILES string of the molecule is CN=C(NCCc1ccc(C)nc1)NC1CCCN(c2cnn(C)c2)C1.I. The first-order chi connectivity index (χ1) is 12.6. The minimum Gasteiger partial charge on any atom is -0.367 e. The fraction of sp³-hybridized carbons (Fsp3) is 0.526. The van der Waals surface area contributed by atoms with Crippen LogP contribution in [-0.4, -0.2) is 53.4 Å². The zero-order valence-corrected chi connectivity index (χ0v) is 18.7. The zero-order valence-electron chi connectivity index (χ0n) is 16.4. The molecule has 2 aromatic heterocycles. The molecule has 1 fully saturated rings. The molecule has 1 aliphatic rings. The Morgan fingerprint density at radius 3 is 2.85 bits per heavy atom. The van der Waals surface area contributed by atoms with Crippen LogP contribution in [0, 0.1) is 6.92 Å². The van der Waals surface area contributed by atoms with Gasteiger partial charge in [0.15, 0.2) is 5.96 Å². The molecule has 1 saturated heterocycles. The Kier molecular flexibility index (Phi) is 8.33. The van der Waals surface area contributed by atoms with Crippen molar-refractivity contribution in [3.05, 3.63) is 42.0 Å². The smallest absolute Gasteiger partial charge is 0.191 e. The number of aliphatic imine (C=N–C) groups is 1. The molecule has 0 spiro atoms. The molecule has 1 atom stereocenters. The predicted octanol–water partition coefficient (Wildman–Crippen LogP) is 2.12. The van der Waals surface area contributed by atoms with Gasteiger partial charge in [-0.2, -0.15) is 5.10 Å². The number of piperidine rings is 1. The molecule has 2 aromatic rings. The molecule has 148 valence electrons. The van der Waals surface area contributed by atoms with E-state index in [1.165, 1.54) is 17.7 Å². The average molecular weight is 483 g/mol. The van der Waals surface area contributed by atoms with Crippen LogP contribution in [0.4, 0.5) is 5.69 Å². The first-order valence-corrected chi connectivity index (χ1v) is 9.26. The molecule has 27 heavy (non-hydrogen) atoms. The van der Waals surface area contributed by atoms with E-state index in [4.69, 9.17) is 0 Å². The summed E-state index contributed by atoms with van der Waals surface area (Å²) in [6.45, 7) is 4.89. The first kappa shape index (κ1) is 21.5. The van der Waals surface area contributed by atoms with E-state index in [2.05, 4.69) is 48.9 Å². The third kappa shape index (κ3) is 6.37. The second-order valence-electron chi connectivity index (χ2n) is 6.86. The average Bonchev–Trinajstić information content (AvgIpc) is 3.09. The number of nitrogens with one attached hydrogen (secondary N) is 2. The number of halogens is 1. The molecule has 0 aromatic carbocycles. The van der Waals surface area contributed by atoms with E-state index in [9.17, 15) is 0 Å². The summed E-state index contributed by atoms with van der Waals surface area (Å²) in [5, 5.41) is 11.3. The van der Waals surface area contributed by atoms with Gasteiger partial charge in [0, 0.05) is 57.9 Å². The van der Waals surface area contributed by atoms with Gasteiger partial charge in [0.05, 0.1) is 11.9 Å². The summed E-state index contributed by atoms with van der Waals surface area (Å²) in [7, 11) is 3.78. The highest BCUT2D eigenvalue weighted by molar-refractivity contribution is 14.0. The van der Waals surface area contributed by atoms with Crippen molar-refractivity contribution in [1.29, 1.82) is 0 Å². The Bertz CT molecular complexity index is 726. The van der Waals surface area contributed by atoms with Gasteiger partial charge in [0.1, 0.15) is 0 Å². The van der Waals surface area contributed by atoms with Crippen molar-refractivity contribution >= 4 is 35.6 Å². The van der Waals surface area contributed by atoms with Crippen molar-refractivity contribution < 1.29 is 0 Å². The number of hydrogen-bond acceptors (Lipinski definition) is 4. The quantitative estimate of drug-likeness (QED) is 0.388. The molecule has 0 aliphatic carbocycles. The van der Waals surface area contributed by atoms with Crippen LogP contribution in [0.2, 0.25) is 0 Å². The van der Waals surface area contributed by atoms with Crippen LogP contribution in [0.1, 0.15) is 24.1 Å². The van der Waals surface area contributed by atoms with E-state index >= 15 is 0 Å². The summed E-state index contributed by atoms with van der Waals surface area (Å²) < 4.78 is 1.85. The number of rotatable bonds is 5. The van der Waals surface area contributed by atoms with Gasteiger partial charge in [-0.05, 0) is 37.8 Å². The Morgan fingerprint density at radius 1 is 1.33 bits per heavy atom. The van der Waals surface area contributed by atoms with E-state index in [0.29, 0.717) is 6.04 Å². The lowest BCUT2D eigenvalue weighted by Gasteiger charge is -2.34. The van der Waals surface area contributed by atoms with Crippen LogP contribution in [-0.2, 0) is 13.5 Å². The van der Waals surface area contributed by atoms with E-state index in [1.54, 1.807) is 0 Å². The van der Waals surface area contributed by atoms with Gasteiger partial charge >= 0.3 is 0 Å². The monoisotopic (exact) mass is 483 g/mol. The summed E-state index contributed by atoms with van der Waals surface area (Å²) in [4.78, 5) is 11.1. The van der Waals surface area contributed by atoms with E-state index < -0.39 is 0 Å². The topological polar surface area (TPSA) is 70.4 Å². The third-order valence-electron chi connectivity index (χ3n) is 4.72. The van der Waals surface area contributed by atoms with E-state index in [0.717, 1.165) is 44.1 Å². The molecule has 1 aliphatic heterocycles. The Labute approximate surface area is 178 Å². The maximum Gasteiger partial charge on any atom is 0.191 e. The van der Waals surface area contributed by atoms with Gasteiger partial charge in [-0.25, -0.2) is 0 Å². The Balaban J connectivity index is 0.00000261. The Hall–Kier alpha value is -1.84. The third-order valence-corrected chi connectivity index (χ3v) is 4.72. The molecule has 8 heteroatoms. The number of aryl methyl sites for hydroxylation is 2. The lowest BCUT2D eigenvalue weighted by Crippen LogP contribution is -2.51. The molecule has 2 N–H and O–H groups in total. The predicted molar refractivity (Wildman–Crippen MR) is 121 cm³/mol. The normalized spacial score (nSPS) is 17.4. The van der Waals surface area contributed by atoms with Gasteiger partial charge in [0.2, 0.25) is 0 Å². The standard InChI is InChI=1S/C19H29N7.HI/c1-15-6-7-16(11-22-15)8-9-21-19(20-2)24-17-5-4-10-26(13-17)18-12-23-25(3)14-18;/h6-7,11-12,14,17H,4-5,8-10,13H2,1-3H3,(H2,20,21,24);1H. The van der Waals surface area contributed by atoms with Gasteiger partial charge in [-0.15, -0.1) is 24.0 Å². The number of anilines is 1. The van der Waals surface area contributed by atoms with Crippen molar-refractivity contribution in [2.24, 2.45) is 12.0 Å². The van der Waals surface area contributed by atoms with Gasteiger partial charge in [0.25, 0.3) is 0 Å². The lowest BCUT2D eigenvalue weighted by atomic mass is 10.1. The molecule has 1 unspecified atom stereocenters. The summed E-state index contributed by atoms with van der Waals surface area (Å²) in [5.41, 5.74) is 3.47. The van der Waals surface area contributed by atoms with E-state index in [-0.39, 0.29) is 24.0 Å². The number of aromatic nitrogens is 3. The molecule has 0 saturated carbocycles. The van der Waals surface area contributed by atoms with Crippen molar-refractivity contribution in [3.63, 3.8) is 0 Å². The Morgan fingerprint density at radius 2 is 2.19 bits per heavy atom. The van der Waals surface area contributed by atoms with Crippen LogP contribution in [0.15, 0.2) is 35.7 Å². The molecular weight excluding hydrogens is 453 g/mol. The van der Waals surface area contributed by atoms with Crippen LogP contribution in [0.25, 0.3) is 0 Å². The summed E-state index contributed by atoms with van der Waals surface area (Å²) >= 11 is 0. The van der Waals surface area contributed by atoms with Crippen molar-refractivity contribution in [1.82, 2.24) is 25.4 Å². The fourth-order valence-corrected chi connectivity index (χ4v) is 3.26. The first-order valence-electron chi connectivity index (χ1n) is 9.26. The van der Waals surface area contributed by atoms with Crippen LogP contribution < -0.4 is 15.5 Å². The van der Waals surface area contributed by atoms with Gasteiger partial charge in [-0.3, -0.25) is 14.7 Å². The van der Waals surface area contributed by atoms with Crippen molar-refractivity contribution in [2.75, 3.05) is 31.6 Å². The van der Waals surface area contributed by atoms with Crippen molar-refractivity contribution in [3.8, 4) is 0 Å². The highest BCUT2D eigenvalue weighted by Crippen LogP contribution is 2.18. The molecule has 0 bridgehead atoms. The maximum atomic E-state index is 4.37. The number of nitrogens with zero attached hydrogens (tertiary/aromatic N) is 5. The number of pyridine rings is 1. The summed E-state index contributed by atoms with van der Waals surface area (Å²) in [5.74, 6) is 0.864. The summed E-state index contributed by atoms with van der Waals surface area (Å²) in [6.07, 6.45) is 9.20. The molecule has 0 amide bonds. The van der Waals surface area contributed by atoms with Crippen LogP contribution >= 0.6 is 24.0 Å². The van der Waals surface area contributed by atoms with Gasteiger partial charge < -0.3 is 15.5 Å². The lowest BCUT2D eigenvalue weighted by molar-refractivity contribution is 0.468. The molecule has 3 rings (SSSR count). The molecule has 0 radical (unpaired) electrons. The largest absolute Gasteiger partial charge is 0.367 e. The number of guanidine groups is 1. The number of hydrogen-bond donors (Lipinski definition) is 2. The highest BCUT2D eigenvalue weighted by Gasteiger charge is 2.21. The second-order valence-corrected chi connectivity index (χ2v) is 6.86. The molecular formula is C19H30IN7. The van der Waals surface area contributed by atoms with Crippen molar-refractivity contribution in [2.45, 2.75) is 32.2 Å².